The minimum absolute atomic E-state index is 0.00849. The largest absolute Gasteiger partial charge is 0.452 e. The van der Waals surface area contributed by atoms with Crippen molar-refractivity contribution in [2.45, 2.75) is 20.4 Å². The number of hydrogen-bond acceptors (Lipinski definition) is 3. The van der Waals surface area contributed by atoms with Crippen LogP contribution in [0.1, 0.15) is 27.0 Å². The Balaban J connectivity index is 1.96. The number of rotatable bonds is 5. The first-order chi connectivity index (χ1) is 11.8. The number of carbonyl (C=O) groups is 2. The number of amides is 1. The van der Waals surface area contributed by atoms with Crippen LogP contribution in [-0.4, -0.2) is 30.4 Å². The summed E-state index contributed by atoms with van der Waals surface area (Å²) in [4.78, 5) is 25.5. The number of ether oxygens (including phenoxy) is 1. The van der Waals surface area contributed by atoms with E-state index in [4.69, 9.17) is 16.3 Å². The highest BCUT2D eigenvalue weighted by Gasteiger charge is 2.17. The highest BCUT2D eigenvalue weighted by molar-refractivity contribution is 6.31. The van der Waals surface area contributed by atoms with Crippen LogP contribution in [0.2, 0.25) is 5.02 Å². The van der Waals surface area contributed by atoms with E-state index in [1.807, 2.05) is 19.9 Å². The number of hydrogen-bond donors (Lipinski definition) is 0. The Labute approximate surface area is 151 Å². The molecule has 1 amide bonds. The summed E-state index contributed by atoms with van der Waals surface area (Å²) in [7, 11) is 1.50. The Morgan fingerprint density at radius 3 is 2.40 bits per heavy atom. The molecule has 0 spiro atoms. The number of likely N-dealkylation sites (N-methyl/N-ethyl adjacent to an activating group) is 1. The summed E-state index contributed by atoms with van der Waals surface area (Å²) in [5, 5.41) is 0.242. The molecule has 0 saturated carbocycles. The molecule has 2 rings (SSSR count). The molecule has 2 aromatic carbocycles. The zero-order valence-electron chi connectivity index (χ0n) is 14.3. The van der Waals surface area contributed by atoms with Gasteiger partial charge < -0.3 is 9.64 Å². The van der Waals surface area contributed by atoms with E-state index in [-0.39, 0.29) is 17.1 Å². The fourth-order valence-corrected chi connectivity index (χ4v) is 2.64. The summed E-state index contributed by atoms with van der Waals surface area (Å²) in [6.07, 6.45) is 0. The predicted molar refractivity (Wildman–Crippen MR) is 94.1 cm³/mol. The second-order valence-corrected chi connectivity index (χ2v) is 6.31. The molecule has 0 saturated heterocycles. The number of carbonyl (C=O) groups excluding carboxylic acids is 2. The molecule has 0 heterocycles. The minimum atomic E-state index is -0.572. The molecule has 0 radical (unpaired) electrons. The lowest BCUT2D eigenvalue weighted by Crippen LogP contribution is -2.31. The molecule has 2 aromatic rings. The zero-order chi connectivity index (χ0) is 18.6. The van der Waals surface area contributed by atoms with Crippen LogP contribution in [0.3, 0.4) is 0 Å². The maximum absolute atomic E-state index is 13.8. The molecule has 132 valence electrons. The first kappa shape index (κ1) is 18.9. The molecule has 0 aliphatic rings. The van der Waals surface area contributed by atoms with Crippen LogP contribution in [0.15, 0.2) is 36.4 Å². The maximum atomic E-state index is 13.8. The fraction of sp³-hybridized carbons (Fsp3) is 0.263. The molecule has 4 nitrogen and oxygen atoms in total. The van der Waals surface area contributed by atoms with Gasteiger partial charge in [-0.15, -0.1) is 0 Å². The van der Waals surface area contributed by atoms with Crippen molar-refractivity contribution >= 4 is 23.5 Å². The van der Waals surface area contributed by atoms with Crippen molar-refractivity contribution in [3.05, 3.63) is 69.5 Å². The lowest BCUT2D eigenvalue weighted by molar-refractivity contribution is -0.133. The third kappa shape index (κ3) is 5.03. The molecular weight excluding hydrogens is 345 g/mol. The summed E-state index contributed by atoms with van der Waals surface area (Å²) in [6.45, 7) is 3.32. The SMILES string of the molecule is Cc1cc(C)cc(C(=O)OCC(=O)N(C)Cc2c(F)cccc2Cl)c1. The van der Waals surface area contributed by atoms with Crippen LogP contribution >= 0.6 is 11.6 Å². The molecule has 25 heavy (non-hydrogen) atoms. The average molecular weight is 364 g/mol. The Morgan fingerprint density at radius 2 is 1.80 bits per heavy atom. The summed E-state index contributed by atoms with van der Waals surface area (Å²) in [5.74, 6) is -1.51. The van der Waals surface area contributed by atoms with Crippen molar-refractivity contribution in [2.24, 2.45) is 0 Å². The van der Waals surface area contributed by atoms with Gasteiger partial charge in [-0.25, -0.2) is 9.18 Å². The third-order valence-electron chi connectivity index (χ3n) is 3.67. The Morgan fingerprint density at radius 1 is 1.16 bits per heavy atom. The van der Waals surface area contributed by atoms with Gasteiger partial charge >= 0.3 is 5.97 Å². The molecule has 0 fully saturated rings. The normalized spacial score (nSPS) is 10.4. The minimum Gasteiger partial charge on any atom is -0.452 e. The highest BCUT2D eigenvalue weighted by atomic mass is 35.5. The van der Waals surface area contributed by atoms with Crippen LogP contribution in [0.25, 0.3) is 0 Å². The van der Waals surface area contributed by atoms with Crippen LogP contribution in [0.5, 0.6) is 0 Å². The van der Waals surface area contributed by atoms with Gasteiger partial charge in [0.25, 0.3) is 5.91 Å². The summed E-state index contributed by atoms with van der Waals surface area (Å²) in [5.41, 5.74) is 2.49. The number of nitrogens with zero attached hydrogens (tertiary/aromatic N) is 1. The average Bonchev–Trinajstić information content (AvgIpc) is 2.54. The zero-order valence-corrected chi connectivity index (χ0v) is 15.1. The van der Waals surface area contributed by atoms with Crippen LogP contribution in [0, 0.1) is 19.7 Å². The van der Waals surface area contributed by atoms with E-state index in [9.17, 15) is 14.0 Å². The molecule has 0 unspecified atom stereocenters. The Bertz CT molecular complexity index is 767. The van der Waals surface area contributed by atoms with Crippen LogP contribution in [-0.2, 0) is 16.1 Å². The summed E-state index contributed by atoms with van der Waals surface area (Å²) in [6, 6.07) is 9.66. The third-order valence-corrected chi connectivity index (χ3v) is 4.02. The quantitative estimate of drug-likeness (QED) is 0.756. The molecule has 0 N–H and O–H groups in total. The molecule has 0 aliphatic heterocycles. The molecule has 6 heteroatoms. The van der Waals surface area contributed by atoms with Crippen molar-refractivity contribution < 1.29 is 18.7 Å². The highest BCUT2D eigenvalue weighted by Crippen LogP contribution is 2.20. The van der Waals surface area contributed by atoms with Gasteiger partial charge in [0.05, 0.1) is 5.56 Å². The second kappa shape index (κ2) is 8.12. The maximum Gasteiger partial charge on any atom is 0.338 e. The van der Waals surface area contributed by atoms with Crippen molar-refractivity contribution in [3.63, 3.8) is 0 Å². The Hall–Kier alpha value is -2.40. The van der Waals surface area contributed by atoms with Gasteiger partial charge in [0.1, 0.15) is 5.82 Å². The molecule has 0 bridgehead atoms. The van der Waals surface area contributed by atoms with Crippen molar-refractivity contribution in [2.75, 3.05) is 13.7 Å². The standard InChI is InChI=1S/C19H19ClFNO3/c1-12-7-13(2)9-14(8-12)19(24)25-11-18(23)22(3)10-15-16(20)5-4-6-17(15)21/h4-9H,10-11H2,1-3H3. The summed E-state index contributed by atoms with van der Waals surface area (Å²) < 4.78 is 18.8. The predicted octanol–water partition coefficient (Wildman–Crippen LogP) is 3.91. The van der Waals surface area contributed by atoms with Gasteiger partial charge in [-0.1, -0.05) is 34.9 Å². The first-order valence-electron chi connectivity index (χ1n) is 7.70. The van der Waals surface area contributed by atoms with Gasteiger partial charge in [-0.3, -0.25) is 4.79 Å². The van der Waals surface area contributed by atoms with Crippen LogP contribution in [0.4, 0.5) is 4.39 Å². The van der Waals surface area contributed by atoms with E-state index in [1.165, 1.54) is 24.1 Å². The van der Waals surface area contributed by atoms with E-state index in [1.54, 1.807) is 18.2 Å². The van der Waals surface area contributed by atoms with Crippen molar-refractivity contribution in [1.82, 2.24) is 4.90 Å². The first-order valence-corrected chi connectivity index (χ1v) is 8.08. The number of halogens is 2. The number of esters is 1. The molecule has 0 aromatic heterocycles. The molecular formula is C19H19ClFNO3. The molecule has 0 aliphatic carbocycles. The number of benzene rings is 2. The molecule has 0 atom stereocenters. The second-order valence-electron chi connectivity index (χ2n) is 5.90. The van der Waals surface area contributed by atoms with Crippen molar-refractivity contribution in [1.29, 1.82) is 0 Å². The lowest BCUT2D eigenvalue weighted by Gasteiger charge is -2.18. The van der Waals surface area contributed by atoms with Crippen molar-refractivity contribution in [3.8, 4) is 0 Å². The lowest BCUT2D eigenvalue weighted by atomic mass is 10.1. The van der Waals surface area contributed by atoms with Gasteiger partial charge in [0.15, 0.2) is 6.61 Å². The summed E-state index contributed by atoms with van der Waals surface area (Å²) >= 11 is 5.95. The monoisotopic (exact) mass is 363 g/mol. The van der Waals surface area contributed by atoms with E-state index in [0.717, 1.165) is 11.1 Å². The van der Waals surface area contributed by atoms with Gasteiger partial charge in [-0.05, 0) is 38.1 Å². The van der Waals surface area contributed by atoms with Gasteiger partial charge in [-0.2, -0.15) is 0 Å². The van der Waals surface area contributed by atoms with E-state index in [2.05, 4.69) is 0 Å². The van der Waals surface area contributed by atoms with E-state index < -0.39 is 24.3 Å². The van der Waals surface area contributed by atoms with E-state index in [0.29, 0.717) is 5.56 Å². The smallest absolute Gasteiger partial charge is 0.338 e. The Kier molecular flexibility index (Phi) is 6.15. The van der Waals surface area contributed by atoms with Gasteiger partial charge in [0.2, 0.25) is 0 Å². The van der Waals surface area contributed by atoms with E-state index >= 15 is 0 Å². The van der Waals surface area contributed by atoms with Gasteiger partial charge in [0, 0.05) is 24.2 Å². The van der Waals surface area contributed by atoms with Crippen LogP contribution < -0.4 is 0 Å². The topological polar surface area (TPSA) is 46.6 Å². The number of aryl methyl sites for hydroxylation is 2. The fourth-order valence-electron chi connectivity index (χ4n) is 2.42.